The summed E-state index contributed by atoms with van der Waals surface area (Å²) in [5, 5.41) is 4.41. The van der Waals surface area contributed by atoms with Gasteiger partial charge in [0.15, 0.2) is 5.78 Å². The Morgan fingerprint density at radius 2 is 1.59 bits per heavy atom. The maximum absolute atomic E-state index is 11.4. The maximum atomic E-state index is 11.4. The van der Waals surface area contributed by atoms with Crippen LogP contribution in [0.25, 0.3) is 10.8 Å². The summed E-state index contributed by atoms with van der Waals surface area (Å²) < 4.78 is 5.13. The van der Waals surface area contributed by atoms with E-state index >= 15 is 0 Å². The van der Waals surface area contributed by atoms with Crippen LogP contribution in [0.5, 0.6) is 5.75 Å². The Morgan fingerprint density at radius 3 is 2.24 bits per heavy atom. The van der Waals surface area contributed by atoms with Crippen LogP contribution in [0.4, 0.5) is 4.79 Å². The largest absolute Gasteiger partial charge is 0.412 e. The lowest BCUT2D eigenvalue weighted by Crippen LogP contribution is -2.22. The minimum absolute atomic E-state index is 0.378. The van der Waals surface area contributed by atoms with Crippen molar-refractivity contribution in [2.75, 3.05) is 7.05 Å². The molecular formula is C37H55NO3. The summed E-state index contributed by atoms with van der Waals surface area (Å²) in [6.07, 6.45) is 14.3. The average Bonchev–Trinajstić information content (AvgIpc) is 2.93. The fourth-order valence-electron chi connectivity index (χ4n) is 5.58. The molecule has 4 atom stereocenters. The van der Waals surface area contributed by atoms with E-state index in [0.717, 1.165) is 52.9 Å². The predicted molar refractivity (Wildman–Crippen MR) is 174 cm³/mol. The highest BCUT2D eigenvalue weighted by Gasteiger charge is 2.21. The second-order valence-corrected chi connectivity index (χ2v) is 12.8. The highest BCUT2D eigenvalue weighted by atomic mass is 16.6. The van der Waals surface area contributed by atoms with Gasteiger partial charge in [0.1, 0.15) is 5.75 Å². The van der Waals surface area contributed by atoms with E-state index in [0.29, 0.717) is 17.5 Å². The molecule has 2 aromatic carbocycles. The third-order valence-corrected chi connectivity index (χ3v) is 8.49. The van der Waals surface area contributed by atoms with Gasteiger partial charge in [-0.1, -0.05) is 95.2 Å². The second-order valence-electron chi connectivity index (χ2n) is 12.8. The molecule has 4 rings (SSSR count). The van der Waals surface area contributed by atoms with Gasteiger partial charge in [0.25, 0.3) is 0 Å². The molecule has 2 aromatic rings. The molecule has 0 heterocycles. The number of ketones is 1. The molecule has 1 fully saturated rings. The Balaban J connectivity index is 0.000000218. The lowest BCUT2D eigenvalue weighted by Gasteiger charge is -2.24. The van der Waals surface area contributed by atoms with Gasteiger partial charge in [-0.05, 0) is 99.0 Å². The number of hydrogen-bond acceptors (Lipinski definition) is 3. The van der Waals surface area contributed by atoms with Crippen molar-refractivity contribution in [2.24, 2.45) is 29.6 Å². The third kappa shape index (κ3) is 12.3. The number of benzene rings is 2. The molecule has 0 radical (unpaired) electrons. The van der Waals surface area contributed by atoms with E-state index in [9.17, 15) is 9.59 Å². The number of allylic oxidation sites excluding steroid dienone is 4. The van der Waals surface area contributed by atoms with Crippen LogP contribution in [0.1, 0.15) is 99.8 Å². The topological polar surface area (TPSA) is 55.4 Å². The van der Waals surface area contributed by atoms with Crippen molar-refractivity contribution in [3.05, 3.63) is 65.8 Å². The van der Waals surface area contributed by atoms with Crippen molar-refractivity contribution in [3.8, 4) is 5.75 Å². The number of carbonyl (C=O) groups excluding carboxylic acids is 2. The van der Waals surface area contributed by atoms with Crippen molar-refractivity contribution in [2.45, 2.75) is 99.8 Å². The van der Waals surface area contributed by atoms with Crippen LogP contribution in [0, 0.1) is 29.6 Å². The molecule has 0 aromatic heterocycles. The van der Waals surface area contributed by atoms with Crippen molar-refractivity contribution < 1.29 is 14.3 Å². The summed E-state index contributed by atoms with van der Waals surface area (Å²) in [5.74, 6) is 5.06. The molecule has 2 aliphatic rings. The van der Waals surface area contributed by atoms with E-state index in [4.69, 9.17) is 4.74 Å². The minimum atomic E-state index is -0.452. The first kappa shape index (κ1) is 34.3. The Morgan fingerprint density at radius 1 is 0.902 bits per heavy atom. The maximum Gasteiger partial charge on any atom is 0.412 e. The molecule has 4 heteroatoms. The third-order valence-electron chi connectivity index (χ3n) is 8.49. The number of carbonyl (C=O) groups is 2. The number of Topliss-reactive ketones (excluding diaryl/α,β-unsaturated/α-hetero) is 1. The summed E-state index contributed by atoms with van der Waals surface area (Å²) in [6.45, 7) is 15.8. The molecule has 0 unspecified atom stereocenters. The van der Waals surface area contributed by atoms with Gasteiger partial charge in [-0.15, -0.1) is 0 Å². The van der Waals surface area contributed by atoms with E-state index in [1.54, 1.807) is 6.07 Å². The number of ether oxygens (including phenoxy) is 1. The quantitative estimate of drug-likeness (QED) is 0.293. The van der Waals surface area contributed by atoms with Gasteiger partial charge in [0, 0.05) is 18.9 Å². The lowest BCUT2D eigenvalue weighted by atomic mass is 9.82. The molecule has 2 aliphatic carbocycles. The smallest absolute Gasteiger partial charge is 0.410 e. The molecule has 0 aliphatic heterocycles. The number of amides is 1. The fourth-order valence-corrected chi connectivity index (χ4v) is 5.58. The van der Waals surface area contributed by atoms with Gasteiger partial charge in [0.05, 0.1) is 0 Å². The standard InChI is InChI=1S/C15H28.C12H11NO2.C10H16O/c1-12(2)15-10-8-13(3)6-5-7-14(4)9-11-15;1-13-12(14)15-11-8-4-6-9-5-2-3-7-10(9)11;1-7(2)9-5-4-8(3)6-10(9)11/h5-6,12-15H,7-11H2,1-4H3;2-8H,1H3,(H,13,14);8H,4-6H2,1-3H3/b6-5+;;/t13-,14+,15-;;8-/m1.1/s1. The molecule has 1 saturated carbocycles. The zero-order valence-corrected chi connectivity index (χ0v) is 27.0. The molecule has 41 heavy (non-hydrogen) atoms. The minimum Gasteiger partial charge on any atom is -0.410 e. The molecule has 0 saturated heterocycles. The lowest BCUT2D eigenvalue weighted by molar-refractivity contribution is -0.117. The first-order valence-corrected chi connectivity index (χ1v) is 15.7. The summed E-state index contributed by atoms with van der Waals surface area (Å²) >= 11 is 0. The number of fused-ring (bicyclic) bond motifs is 1. The van der Waals surface area contributed by atoms with Crippen LogP contribution in [-0.4, -0.2) is 18.9 Å². The molecule has 4 nitrogen and oxygen atoms in total. The van der Waals surface area contributed by atoms with Gasteiger partial charge in [-0.2, -0.15) is 0 Å². The highest BCUT2D eigenvalue weighted by Crippen LogP contribution is 2.29. The fraction of sp³-hybridized carbons (Fsp3) is 0.568. The normalized spacial score (nSPS) is 23.8. The van der Waals surface area contributed by atoms with Crippen molar-refractivity contribution in [1.29, 1.82) is 0 Å². The van der Waals surface area contributed by atoms with E-state index in [-0.39, 0.29) is 0 Å². The zero-order valence-electron chi connectivity index (χ0n) is 27.0. The van der Waals surface area contributed by atoms with Crippen LogP contribution in [0.15, 0.2) is 65.8 Å². The first-order chi connectivity index (χ1) is 19.5. The highest BCUT2D eigenvalue weighted by molar-refractivity contribution is 5.96. The van der Waals surface area contributed by atoms with Crippen LogP contribution in [0.3, 0.4) is 0 Å². The number of rotatable bonds is 2. The Labute approximate surface area is 250 Å². The second kappa shape index (κ2) is 17.8. The van der Waals surface area contributed by atoms with E-state index in [1.807, 2.05) is 50.2 Å². The van der Waals surface area contributed by atoms with Crippen LogP contribution >= 0.6 is 0 Å². The summed E-state index contributed by atoms with van der Waals surface area (Å²) in [6, 6.07) is 13.4. The monoisotopic (exact) mass is 561 g/mol. The summed E-state index contributed by atoms with van der Waals surface area (Å²) in [7, 11) is 1.54. The average molecular weight is 562 g/mol. The van der Waals surface area contributed by atoms with Crippen molar-refractivity contribution in [1.82, 2.24) is 5.32 Å². The number of nitrogens with one attached hydrogen (secondary N) is 1. The summed E-state index contributed by atoms with van der Waals surface area (Å²) in [4.78, 5) is 22.5. The summed E-state index contributed by atoms with van der Waals surface area (Å²) in [5.41, 5.74) is 2.30. The van der Waals surface area contributed by atoms with Gasteiger partial charge in [-0.3, -0.25) is 4.79 Å². The van der Waals surface area contributed by atoms with Gasteiger partial charge < -0.3 is 10.1 Å². The Kier molecular flexibility index (Phi) is 14.9. The van der Waals surface area contributed by atoms with Gasteiger partial charge in [0.2, 0.25) is 0 Å². The van der Waals surface area contributed by atoms with Gasteiger partial charge >= 0.3 is 6.09 Å². The van der Waals surface area contributed by atoms with Gasteiger partial charge in [-0.25, -0.2) is 4.79 Å². The zero-order chi connectivity index (χ0) is 30.4. The van der Waals surface area contributed by atoms with E-state index in [1.165, 1.54) is 51.1 Å². The van der Waals surface area contributed by atoms with Crippen molar-refractivity contribution in [3.63, 3.8) is 0 Å². The SMILES string of the molecule is CC(C)=C1CC[C@@H](C)CC1=O.CC(C)[C@H]1CC[C@@H](C)C/C=C/[C@@H](C)CC1.CNC(=O)Oc1cccc2ccccc12. The molecule has 226 valence electrons. The Bertz CT molecular complexity index is 1150. The van der Waals surface area contributed by atoms with Crippen LogP contribution in [-0.2, 0) is 4.79 Å². The molecule has 1 N–H and O–H groups in total. The Hall–Kier alpha value is -2.88. The molecule has 1 amide bonds. The molecule has 0 spiro atoms. The van der Waals surface area contributed by atoms with Crippen LogP contribution < -0.4 is 10.1 Å². The molecule has 0 bridgehead atoms. The van der Waals surface area contributed by atoms with E-state index in [2.05, 4.69) is 52.1 Å². The molecular weight excluding hydrogens is 506 g/mol. The van der Waals surface area contributed by atoms with Crippen molar-refractivity contribution >= 4 is 22.6 Å². The first-order valence-electron chi connectivity index (χ1n) is 15.7. The van der Waals surface area contributed by atoms with E-state index < -0.39 is 6.09 Å². The predicted octanol–water partition coefficient (Wildman–Crippen LogP) is 10.3. The van der Waals surface area contributed by atoms with Crippen LogP contribution in [0.2, 0.25) is 0 Å². The number of hydrogen-bond donors (Lipinski definition) is 1.